The first kappa shape index (κ1) is 41.8. The highest BCUT2D eigenvalue weighted by Gasteiger charge is 2.50. The summed E-state index contributed by atoms with van der Waals surface area (Å²) in [4.78, 5) is 39.8. The minimum Gasteiger partial charge on any atom is -0.462 e. The van der Waals surface area contributed by atoms with E-state index in [1.54, 1.807) is 29.2 Å². The Kier molecular flexibility index (Phi) is 15.6. The summed E-state index contributed by atoms with van der Waals surface area (Å²) in [6.07, 6.45) is -13.6. The van der Waals surface area contributed by atoms with Crippen molar-refractivity contribution in [1.82, 2.24) is 15.5 Å². The third kappa shape index (κ3) is 10.8. The van der Waals surface area contributed by atoms with Gasteiger partial charge in [-0.2, -0.15) is 0 Å². The number of nitrogens with zero attached hydrogens (tertiary/aromatic N) is 1. The number of aliphatic hydroxyl groups excluding tert-OH is 6. The Balaban J connectivity index is 1.48. The zero-order chi connectivity index (χ0) is 38.1. The molecule has 0 aromatic heterocycles. The third-order valence-electron chi connectivity index (χ3n) is 9.73. The fraction of sp³-hybridized carbons (Fsp3) is 0.743. The van der Waals surface area contributed by atoms with Gasteiger partial charge >= 0.3 is 5.97 Å². The van der Waals surface area contributed by atoms with Gasteiger partial charge in [-0.05, 0) is 50.4 Å². The van der Waals surface area contributed by atoms with Crippen LogP contribution in [0, 0.1) is 5.92 Å². The molecule has 4 rings (SSSR count). The van der Waals surface area contributed by atoms with Crippen molar-refractivity contribution < 1.29 is 68.7 Å². The van der Waals surface area contributed by atoms with Crippen molar-refractivity contribution in [2.45, 2.75) is 127 Å². The predicted octanol–water partition coefficient (Wildman–Crippen LogP) is -1.55. The zero-order valence-corrected chi connectivity index (χ0v) is 30.1. The average Bonchev–Trinajstić information content (AvgIpc) is 3.13. The van der Waals surface area contributed by atoms with Crippen molar-refractivity contribution in [3.05, 3.63) is 29.8 Å². The van der Waals surface area contributed by atoms with Crippen molar-refractivity contribution >= 4 is 17.8 Å². The molecule has 8 N–H and O–H groups in total. The van der Waals surface area contributed by atoms with Crippen LogP contribution in [-0.2, 0) is 33.3 Å². The average molecular weight is 742 g/mol. The van der Waals surface area contributed by atoms with E-state index >= 15 is 0 Å². The molecule has 3 aliphatic rings. The molecule has 1 aromatic carbocycles. The summed E-state index contributed by atoms with van der Waals surface area (Å²) in [7, 11) is 0. The highest BCUT2D eigenvalue weighted by atomic mass is 16.8. The number of rotatable bonds is 9. The molecule has 17 heteroatoms. The summed E-state index contributed by atoms with van der Waals surface area (Å²) in [6.45, 7) is 7.33. The van der Waals surface area contributed by atoms with Crippen LogP contribution in [0.4, 0.5) is 0 Å². The first-order valence-electron chi connectivity index (χ1n) is 17.9. The van der Waals surface area contributed by atoms with E-state index in [4.69, 9.17) is 23.7 Å². The summed E-state index contributed by atoms with van der Waals surface area (Å²) in [5.74, 6) is -0.600. The summed E-state index contributed by atoms with van der Waals surface area (Å²) >= 11 is 0. The number of benzene rings is 1. The minimum atomic E-state index is -1.77. The Hall–Kier alpha value is -2.97. The van der Waals surface area contributed by atoms with Crippen LogP contribution in [0.2, 0.25) is 0 Å². The minimum absolute atomic E-state index is 0.0282. The van der Waals surface area contributed by atoms with Gasteiger partial charge in [0.2, 0.25) is 18.1 Å². The number of carbonyl (C=O) groups is 3. The normalized spacial score (nSPS) is 36.0. The van der Waals surface area contributed by atoms with Gasteiger partial charge in [0.05, 0.1) is 19.3 Å². The Morgan fingerprint density at radius 1 is 0.981 bits per heavy atom. The van der Waals surface area contributed by atoms with Gasteiger partial charge in [-0.15, -0.1) is 0 Å². The standard InChI is InChI=1S/C35H55N3O14/c1-5-18(2)33(47)38-14-6-12-37-26(41)15-24(36-13-11-23(16-38)49-20(4)40)21-7-9-22(10-8-21)50-35-32(30(45)27(42)19(3)48-35)52-34-31(46)29(44)28(43)25(17-39)51-34/h7-10,18-19,23-25,27-32,34-36,39,42-46H,5-6,11-17H2,1-4H3,(H,37,41)/t18-,19-,23+,24-,25+,27-,28+,29-,30+,31+,32+,34-,35-/m0/s1. The maximum absolute atomic E-state index is 13.1. The van der Waals surface area contributed by atoms with Crippen LogP contribution in [0.15, 0.2) is 24.3 Å². The molecule has 3 saturated heterocycles. The second kappa shape index (κ2) is 19.4. The Morgan fingerprint density at radius 2 is 1.69 bits per heavy atom. The number of carbonyl (C=O) groups excluding carboxylic acids is 3. The van der Waals surface area contributed by atoms with E-state index in [0.29, 0.717) is 38.9 Å². The SMILES string of the molecule is CC[C@H](C)C(=O)N1CCCNC(=O)C[C@@H](c2ccc(O[C@@H]3O[C@@H](C)[C@H](O)[C@@H](O)[C@H]3O[C@@H]3O[C@H](CO)[C@@H](O)[C@H](O)[C@H]3O)cc2)NCC[C@@H](OC(C)=O)C1. The zero-order valence-electron chi connectivity index (χ0n) is 30.1. The highest BCUT2D eigenvalue weighted by molar-refractivity contribution is 5.78. The lowest BCUT2D eigenvalue weighted by atomic mass is 9.97. The molecule has 0 spiro atoms. The number of nitrogens with one attached hydrogen (secondary N) is 2. The van der Waals surface area contributed by atoms with Gasteiger partial charge in [-0.3, -0.25) is 14.4 Å². The molecule has 0 unspecified atom stereocenters. The van der Waals surface area contributed by atoms with Gasteiger partial charge in [0, 0.05) is 38.4 Å². The second-order valence-corrected chi connectivity index (χ2v) is 13.7. The molecule has 0 saturated carbocycles. The highest BCUT2D eigenvalue weighted by Crippen LogP contribution is 2.31. The summed E-state index contributed by atoms with van der Waals surface area (Å²) in [6, 6.07) is 6.26. The molecule has 3 heterocycles. The van der Waals surface area contributed by atoms with Crippen LogP contribution in [0.5, 0.6) is 5.75 Å². The van der Waals surface area contributed by atoms with Crippen LogP contribution in [0.3, 0.4) is 0 Å². The van der Waals surface area contributed by atoms with E-state index in [9.17, 15) is 45.0 Å². The fourth-order valence-corrected chi connectivity index (χ4v) is 6.42. The van der Waals surface area contributed by atoms with Crippen LogP contribution < -0.4 is 15.4 Å². The first-order chi connectivity index (χ1) is 24.7. The lowest BCUT2D eigenvalue weighted by Crippen LogP contribution is -2.64. The van der Waals surface area contributed by atoms with Crippen LogP contribution in [-0.4, -0.2) is 154 Å². The quantitative estimate of drug-likeness (QED) is 0.134. The second-order valence-electron chi connectivity index (χ2n) is 13.7. The molecule has 1 aromatic rings. The molecule has 0 radical (unpaired) electrons. The van der Waals surface area contributed by atoms with Crippen molar-refractivity contribution in [3.63, 3.8) is 0 Å². The van der Waals surface area contributed by atoms with E-state index in [2.05, 4.69) is 10.6 Å². The van der Waals surface area contributed by atoms with E-state index in [1.807, 2.05) is 13.8 Å². The van der Waals surface area contributed by atoms with Gasteiger partial charge in [0.25, 0.3) is 0 Å². The summed E-state index contributed by atoms with van der Waals surface area (Å²) < 4.78 is 28.6. The van der Waals surface area contributed by atoms with Crippen molar-refractivity contribution in [3.8, 4) is 5.75 Å². The number of esters is 1. The van der Waals surface area contributed by atoms with Gasteiger partial charge < -0.3 is 69.9 Å². The maximum atomic E-state index is 13.1. The first-order valence-corrected chi connectivity index (χ1v) is 17.9. The maximum Gasteiger partial charge on any atom is 0.302 e. The molecule has 3 aliphatic heterocycles. The van der Waals surface area contributed by atoms with Crippen molar-refractivity contribution in [2.24, 2.45) is 5.92 Å². The lowest BCUT2D eigenvalue weighted by Gasteiger charge is -2.45. The molecule has 17 nitrogen and oxygen atoms in total. The topological polar surface area (TPSA) is 246 Å². The number of hydrogen-bond donors (Lipinski definition) is 8. The smallest absolute Gasteiger partial charge is 0.302 e. The fourth-order valence-electron chi connectivity index (χ4n) is 6.42. The lowest BCUT2D eigenvalue weighted by molar-refractivity contribution is -0.355. The summed E-state index contributed by atoms with van der Waals surface area (Å²) in [5, 5.41) is 68.1. The number of amides is 2. The molecular formula is C35H55N3O14. The van der Waals surface area contributed by atoms with E-state index in [0.717, 1.165) is 5.56 Å². The van der Waals surface area contributed by atoms with Gasteiger partial charge in [-0.25, -0.2) is 0 Å². The van der Waals surface area contributed by atoms with Gasteiger partial charge in [0.15, 0.2) is 12.4 Å². The van der Waals surface area contributed by atoms with E-state index in [-0.39, 0.29) is 36.4 Å². The van der Waals surface area contributed by atoms with Crippen molar-refractivity contribution in [1.29, 1.82) is 0 Å². The summed E-state index contributed by atoms with van der Waals surface area (Å²) in [5.41, 5.74) is 0.734. The molecule has 52 heavy (non-hydrogen) atoms. The van der Waals surface area contributed by atoms with E-state index < -0.39 is 86.1 Å². The molecule has 0 bridgehead atoms. The largest absolute Gasteiger partial charge is 0.462 e. The molecule has 0 aliphatic carbocycles. The molecule has 3 fully saturated rings. The van der Waals surface area contributed by atoms with Crippen LogP contribution in [0.1, 0.15) is 65.0 Å². The number of hydrogen-bond acceptors (Lipinski definition) is 15. The van der Waals surface area contributed by atoms with Gasteiger partial charge in [-0.1, -0.05) is 26.0 Å². The van der Waals surface area contributed by atoms with Crippen molar-refractivity contribution in [2.75, 3.05) is 32.8 Å². The Morgan fingerprint density at radius 3 is 2.35 bits per heavy atom. The monoisotopic (exact) mass is 741 g/mol. The Bertz CT molecular complexity index is 1300. The number of aliphatic hydroxyl groups is 6. The number of ether oxygens (including phenoxy) is 5. The molecule has 13 atom stereocenters. The predicted molar refractivity (Wildman–Crippen MR) is 181 cm³/mol. The third-order valence-corrected chi connectivity index (χ3v) is 9.73. The van der Waals surface area contributed by atoms with Gasteiger partial charge in [0.1, 0.15) is 48.5 Å². The molecule has 2 amide bonds. The molecular weight excluding hydrogens is 686 g/mol. The van der Waals surface area contributed by atoms with Crippen LogP contribution >= 0.6 is 0 Å². The molecule has 294 valence electrons. The van der Waals surface area contributed by atoms with Crippen LogP contribution in [0.25, 0.3) is 0 Å². The Labute approximate surface area is 303 Å². The van der Waals surface area contributed by atoms with E-state index in [1.165, 1.54) is 13.8 Å².